The van der Waals surface area contributed by atoms with Crippen molar-refractivity contribution in [3.8, 4) is 0 Å². The Labute approximate surface area is 99.1 Å². The lowest BCUT2D eigenvalue weighted by Crippen LogP contribution is -2.34. The van der Waals surface area contributed by atoms with E-state index in [0.29, 0.717) is 19.6 Å². The number of carbonyl (C=O) groups excluding carboxylic acids is 1. The van der Waals surface area contributed by atoms with Crippen LogP contribution in [0.25, 0.3) is 0 Å². The number of halogens is 1. The molecule has 4 N–H and O–H groups in total. The minimum absolute atomic E-state index is 0. The third-order valence-corrected chi connectivity index (χ3v) is 1.46. The summed E-state index contributed by atoms with van der Waals surface area (Å²) in [5.41, 5.74) is 5.20. The highest BCUT2D eigenvalue weighted by molar-refractivity contribution is 5.76. The quantitative estimate of drug-likeness (QED) is 0.535. The highest BCUT2D eigenvalue weighted by Gasteiger charge is 2.07. The van der Waals surface area contributed by atoms with Gasteiger partial charge in [-0.1, -0.05) is 13.8 Å². The summed E-state index contributed by atoms with van der Waals surface area (Å²) >= 11 is 0. The number of alkyl halides is 1. The van der Waals surface area contributed by atoms with E-state index in [9.17, 15) is 9.18 Å². The van der Waals surface area contributed by atoms with Gasteiger partial charge in [-0.25, -0.2) is 4.39 Å². The number of hydrogen-bond acceptors (Lipinski definition) is 4. The molecule has 0 aliphatic heterocycles. The van der Waals surface area contributed by atoms with Crippen LogP contribution in [-0.2, 0) is 9.53 Å². The van der Waals surface area contributed by atoms with E-state index >= 15 is 0 Å². The SMILES string of the molecule is CC.NCCCOCC(F)CNC(=O)CO.[HH].[HH]. The lowest BCUT2D eigenvalue weighted by Gasteiger charge is -2.09. The predicted molar refractivity (Wildman–Crippen MR) is 65.1 cm³/mol. The van der Waals surface area contributed by atoms with E-state index in [4.69, 9.17) is 15.6 Å². The van der Waals surface area contributed by atoms with Gasteiger partial charge in [0.25, 0.3) is 0 Å². The Morgan fingerprint density at radius 3 is 2.75 bits per heavy atom. The lowest BCUT2D eigenvalue weighted by atomic mass is 10.4. The number of aliphatic hydroxyl groups excluding tert-OH is 1. The molecule has 0 radical (unpaired) electrons. The van der Waals surface area contributed by atoms with Crippen LogP contribution in [-0.4, -0.2) is 50.1 Å². The van der Waals surface area contributed by atoms with Crippen LogP contribution in [0.15, 0.2) is 0 Å². The highest BCUT2D eigenvalue weighted by atomic mass is 19.1. The summed E-state index contributed by atoms with van der Waals surface area (Å²) < 4.78 is 17.8. The molecule has 0 aromatic heterocycles. The number of nitrogens with one attached hydrogen (secondary N) is 1. The van der Waals surface area contributed by atoms with Crippen LogP contribution in [0.2, 0.25) is 0 Å². The second-order valence-corrected chi connectivity index (χ2v) is 2.78. The first kappa shape index (κ1) is 17.7. The number of rotatable bonds is 8. The maximum atomic E-state index is 12.9. The van der Waals surface area contributed by atoms with Gasteiger partial charge in [-0.2, -0.15) is 0 Å². The first-order valence-electron chi connectivity index (χ1n) is 5.50. The normalized spacial score (nSPS) is 11.3. The van der Waals surface area contributed by atoms with Gasteiger partial charge in [-0.3, -0.25) is 4.79 Å². The van der Waals surface area contributed by atoms with Crippen molar-refractivity contribution in [2.75, 3.05) is 32.9 Å². The summed E-state index contributed by atoms with van der Waals surface area (Å²) in [6.07, 6.45) is -0.557. The average Bonchev–Trinajstić information content (AvgIpc) is 2.34. The second kappa shape index (κ2) is 14.3. The molecule has 1 atom stereocenters. The largest absolute Gasteiger partial charge is 0.387 e. The molecule has 6 heteroatoms. The van der Waals surface area contributed by atoms with Crippen LogP contribution >= 0.6 is 0 Å². The number of amides is 1. The first-order valence-corrected chi connectivity index (χ1v) is 5.50. The Morgan fingerprint density at radius 2 is 2.25 bits per heavy atom. The molecule has 0 bridgehead atoms. The van der Waals surface area contributed by atoms with Gasteiger partial charge in [0.2, 0.25) is 5.91 Å². The molecule has 1 unspecified atom stereocenters. The zero-order valence-corrected chi connectivity index (χ0v) is 10.0. The molecule has 0 aromatic rings. The van der Waals surface area contributed by atoms with Gasteiger partial charge in [0.15, 0.2) is 0 Å². The molecule has 16 heavy (non-hydrogen) atoms. The van der Waals surface area contributed by atoms with Crippen molar-refractivity contribution in [1.82, 2.24) is 5.32 Å². The third-order valence-electron chi connectivity index (χ3n) is 1.46. The summed E-state index contributed by atoms with van der Waals surface area (Å²) in [7, 11) is 0. The fourth-order valence-corrected chi connectivity index (χ4v) is 0.736. The maximum absolute atomic E-state index is 12.9. The molecule has 5 nitrogen and oxygen atoms in total. The van der Waals surface area contributed by atoms with Crippen molar-refractivity contribution >= 4 is 5.91 Å². The predicted octanol–water partition coefficient (Wildman–Crippen LogP) is 0.317. The minimum Gasteiger partial charge on any atom is -0.387 e. The molecule has 0 aliphatic rings. The Balaban J connectivity index is -0.000000232. The van der Waals surface area contributed by atoms with Gasteiger partial charge >= 0.3 is 0 Å². The van der Waals surface area contributed by atoms with E-state index in [1.807, 2.05) is 13.8 Å². The summed E-state index contributed by atoms with van der Waals surface area (Å²) in [4.78, 5) is 10.5. The molecule has 1 amide bonds. The van der Waals surface area contributed by atoms with Crippen LogP contribution in [0.3, 0.4) is 0 Å². The summed E-state index contributed by atoms with van der Waals surface area (Å²) in [5.74, 6) is -0.588. The van der Waals surface area contributed by atoms with Gasteiger partial charge in [-0.05, 0) is 13.0 Å². The molecule has 0 heterocycles. The molecule has 0 fully saturated rings. The van der Waals surface area contributed by atoms with Crippen molar-refractivity contribution in [1.29, 1.82) is 0 Å². The number of carbonyl (C=O) groups is 1. The first-order chi connectivity index (χ1) is 7.70. The Hall–Kier alpha value is -0.720. The van der Waals surface area contributed by atoms with Gasteiger partial charge in [-0.15, -0.1) is 0 Å². The van der Waals surface area contributed by atoms with Gasteiger partial charge in [0, 0.05) is 9.46 Å². The zero-order chi connectivity index (χ0) is 12.8. The van der Waals surface area contributed by atoms with E-state index in [0.717, 1.165) is 0 Å². The van der Waals surface area contributed by atoms with Gasteiger partial charge in [0.1, 0.15) is 12.8 Å². The van der Waals surface area contributed by atoms with Crippen molar-refractivity contribution in [3.63, 3.8) is 0 Å². The average molecular weight is 242 g/mol. The smallest absolute Gasteiger partial charge is 0.245 e. The highest BCUT2D eigenvalue weighted by Crippen LogP contribution is 1.91. The van der Waals surface area contributed by atoms with Crippen molar-refractivity contribution in [2.45, 2.75) is 26.4 Å². The van der Waals surface area contributed by atoms with Crippen LogP contribution < -0.4 is 11.1 Å². The maximum Gasteiger partial charge on any atom is 0.245 e. The zero-order valence-electron chi connectivity index (χ0n) is 10.0. The second-order valence-electron chi connectivity index (χ2n) is 2.78. The minimum atomic E-state index is -1.25. The molecule has 0 saturated carbocycles. The summed E-state index contributed by atoms with van der Waals surface area (Å²) in [5, 5.41) is 10.5. The van der Waals surface area contributed by atoms with Gasteiger partial charge in [0.05, 0.1) is 13.2 Å². The van der Waals surface area contributed by atoms with Crippen molar-refractivity contribution in [3.05, 3.63) is 0 Å². The van der Waals surface area contributed by atoms with Crippen LogP contribution in [0.1, 0.15) is 23.1 Å². The molecule has 0 saturated heterocycles. The van der Waals surface area contributed by atoms with E-state index in [1.165, 1.54) is 0 Å². The standard InChI is InChI=1S/C8H17FN2O3.C2H6.2H2/c9-7(4-11-8(13)5-12)6-14-3-1-2-10;1-2;;/h7,12H,1-6,10H2,(H,11,13);1-2H3;2*1H. The summed E-state index contributed by atoms with van der Waals surface area (Å²) in [6, 6.07) is 0. The van der Waals surface area contributed by atoms with Crippen molar-refractivity contribution < 1.29 is 21.9 Å². The fraction of sp³-hybridized carbons (Fsp3) is 0.900. The molecule has 0 rings (SSSR count). The number of ether oxygens (including phenoxy) is 1. The molecule has 0 aromatic carbocycles. The van der Waals surface area contributed by atoms with E-state index in [2.05, 4.69) is 5.32 Å². The summed E-state index contributed by atoms with van der Waals surface area (Å²) in [6.45, 7) is 4.11. The van der Waals surface area contributed by atoms with E-state index in [-0.39, 0.29) is 16.0 Å². The number of hydrogen-bond donors (Lipinski definition) is 3. The molecule has 0 spiro atoms. The Bertz CT molecular complexity index is 168. The molecular formula is C10H27FN2O3. The topological polar surface area (TPSA) is 84.6 Å². The molecule has 102 valence electrons. The Kier molecular flexibility index (Phi) is 15.8. The van der Waals surface area contributed by atoms with Crippen LogP contribution in [0, 0.1) is 0 Å². The van der Waals surface area contributed by atoms with E-state index in [1.54, 1.807) is 0 Å². The van der Waals surface area contributed by atoms with Crippen molar-refractivity contribution in [2.24, 2.45) is 5.73 Å². The number of nitrogens with two attached hydrogens (primary N) is 1. The number of aliphatic hydroxyl groups is 1. The monoisotopic (exact) mass is 242 g/mol. The van der Waals surface area contributed by atoms with Gasteiger partial charge < -0.3 is 20.9 Å². The van der Waals surface area contributed by atoms with Crippen LogP contribution in [0.5, 0.6) is 0 Å². The Morgan fingerprint density at radius 1 is 1.62 bits per heavy atom. The molecular weight excluding hydrogens is 215 g/mol. The van der Waals surface area contributed by atoms with E-state index < -0.39 is 18.7 Å². The lowest BCUT2D eigenvalue weighted by molar-refractivity contribution is -0.124. The fourth-order valence-electron chi connectivity index (χ4n) is 0.736. The third kappa shape index (κ3) is 13.3. The van der Waals surface area contributed by atoms with Crippen LogP contribution in [0.4, 0.5) is 4.39 Å². The molecule has 0 aliphatic carbocycles.